The first kappa shape index (κ1) is 13.4. The Morgan fingerprint density at radius 2 is 1.83 bits per heavy atom. The Morgan fingerprint density at radius 1 is 1.17 bits per heavy atom. The van der Waals surface area contributed by atoms with Crippen molar-refractivity contribution in [1.29, 1.82) is 0 Å². The lowest BCUT2D eigenvalue weighted by Gasteiger charge is -2.22. The van der Waals surface area contributed by atoms with Crippen LogP contribution in [0.5, 0.6) is 0 Å². The molecule has 94 valence electrons. The minimum Gasteiger partial charge on any atom is -0.344 e. The van der Waals surface area contributed by atoms with Gasteiger partial charge in [0.1, 0.15) is 5.82 Å². The van der Waals surface area contributed by atoms with E-state index in [2.05, 4.69) is 15.9 Å². The molecule has 0 atom stereocenters. The summed E-state index contributed by atoms with van der Waals surface area (Å²) in [7, 11) is 1.95. The topological polar surface area (TPSA) is 3.24 Å². The Morgan fingerprint density at radius 3 is 2.44 bits per heavy atom. The van der Waals surface area contributed by atoms with Crippen LogP contribution in [0.3, 0.4) is 0 Å². The maximum atomic E-state index is 12.9. The summed E-state index contributed by atoms with van der Waals surface area (Å²) >= 11 is 9.43. The Balaban J connectivity index is 2.39. The van der Waals surface area contributed by atoms with E-state index in [9.17, 15) is 4.39 Å². The van der Waals surface area contributed by atoms with Gasteiger partial charge < -0.3 is 4.90 Å². The molecule has 0 saturated heterocycles. The summed E-state index contributed by atoms with van der Waals surface area (Å²) in [5.41, 5.74) is 3.07. The zero-order valence-electron chi connectivity index (χ0n) is 9.83. The second kappa shape index (κ2) is 5.72. The molecule has 0 spiro atoms. The molecular weight excluding hydrogens is 317 g/mol. The summed E-state index contributed by atoms with van der Waals surface area (Å²) in [5, 5.41) is 1.43. The molecular formula is C14H12BrClFN. The Labute approximate surface area is 119 Å². The Kier molecular flexibility index (Phi) is 4.25. The number of anilines is 2. The zero-order chi connectivity index (χ0) is 13.1. The molecule has 1 nitrogen and oxygen atoms in total. The van der Waals surface area contributed by atoms with E-state index in [0.29, 0.717) is 10.4 Å². The van der Waals surface area contributed by atoms with E-state index < -0.39 is 0 Å². The second-order valence-electron chi connectivity index (χ2n) is 3.94. The number of hydrogen-bond donors (Lipinski definition) is 0. The van der Waals surface area contributed by atoms with Crippen LogP contribution >= 0.6 is 27.5 Å². The highest BCUT2D eigenvalue weighted by Gasteiger charge is 2.09. The molecule has 2 rings (SSSR count). The van der Waals surface area contributed by atoms with Gasteiger partial charge in [-0.2, -0.15) is 0 Å². The molecule has 0 unspecified atom stereocenters. The van der Waals surface area contributed by atoms with Crippen molar-refractivity contribution >= 4 is 38.9 Å². The largest absolute Gasteiger partial charge is 0.344 e. The van der Waals surface area contributed by atoms with Gasteiger partial charge in [-0.05, 0) is 48.0 Å². The minimum absolute atomic E-state index is 0.232. The fourth-order valence-corrected chi connectivity index (χ4v) is 2.44. The predicted octanol–water partition coefficient (Wildman–Crippen LogP) is 5.14. The molecule has 2 aromatic rings. The summed E-state index contributed by atoms with van der Waals surface area (Å²) in [6, 6.07) is 12.1. The molecule has 0 fully saturated rings. The number of nitrogens with zero attached hydrogens (tertiary/aromatic N) is 1. The fourth-order valence-electron chi connectivity index (χ4n) is 1.79. The Bertz CT molecular complexity index is 542. The van der Waals surface area contributed by atoms with Crippen molar-refractivity contribution in [2.75, 3.05) is 11.9 Å². The van der Waals surface area contributed by atoms with Gasteiger partial charge in [0.2, 0.25) is 0 Å². The van der Waals surface area contributed by atoms with Crippen LogP contribution in [0, 0.1) is 5.82 Å². The molecule has 0 aliphatic heterocycles. The molecule has 0 amide bonds. The third-order valence-corrected chi connectivity index (χ3v) is 3.60. The van der Waals surface area contributed by atoms with E-state index in [0.717, 1.165) is 16.9 Å². The molecule has 18 heavy (non-hydrogen) atoms. The van der Waals surface area contributed by atoms with E-state index in [1.165, 1.54) is 12.1 Å². The number of rotatable bonds is 3. The molecule has 4 heteroatoms. The quantitative estimate of drug-likeness (QED) is 0.705. The summed E-state index contributed by atoms with van der Waals surface area (Å²) in [4.78, 5) is 2.01. The molecule has 0 bridgehead atoms. The van der Waals surface area contributed by atoms with Crippen LogP contribution in [0.15, 0.2) is 42.5 Å². The molecule has 0 aromatic heterocycles. The van der Waals surface area contributed by atoms with Crippen LogP contribution < -0.4 is 4.90 Å². The van der Waals surface area contributed by atoms with Crippen molar-refractivity contribution in [3.8, 4) is 0 Å². The molecule has 0 aliphatic carbocycles. The van der Waals surface area contributed by atoms with Crippen molar-refractivity contribution in [1.82, 2.24) is 0 Å². The number of benzene rings is 2. The van der Waals surface area contributed by atoms with Crippen molar-refractivity contribution in [3.63, 3.8) is 0 Å². The van der Waals surface area contributed by atoms with Gasteiger partial charge in [-0.25, -0.2) is 4.39 Å². The smallest absolute Gasteiger partial charge is 0.123 e. The van der Waals surface area contributed by atoms with Crippen LogP contribution in [-0.2, 0) is 5.33 Å². The third kappa shape index (κ3) is 2.85. The van der Waals surface area contributed by atoms with Gasteiger partial charge in [0.15, 0.2) is 0 Å². The van der Waals surface area contributed by atoms with Crippen molar-refractivity contribution < 1.29 is 4.39 Å². The van der Waals surface area contributed by atoms with E-state index in [-0.39, 0.29) is 5.82 Å². The van der Waals surface area contributed by atoms with Crippen LogP contribution in [0.1, 0.15) is 5.56 Å². The highest BCUT2D eigenvalue weighted by Crippen LogP contribution is 2.30. The SMILES string of the molecule is CN(c1ccc(F)cc1)c1ccc(Cl)cc1CBr. The zero-order valence-corrected chi connectivity index (χ0v) is 12.2. The number of alkyl halides is 1. The van der Waals surface area contributed by atoms with Crippen LogP contribution in [0.2, 0.25) is 5.02 Å². The van der Waals surface area contributed by atoms with Gasteiger partial charge in [-0.1, -0.05) is 27.5 Å². The van der Waals surface area contributed by atoms with Crippen LogP contribution in [0.4, 0.5) is 15.8 Å². The fraction of sp³-hybridized carbons (Fsp3) is 0.143. The van der Waals surface area contributed by atoms with Gasteiger partial charge in [0.05, 0.1) is 0 Å². The molecule has 2 aromatic carbocycles. The predicted molar refractivity (Wildman–Crippen MR) is 78.5 cm³/mol. The number of hydrogen-bond acceptors (Lipinski definition) is 1. The summed E-state index contributed by atoms with van der Waals surface area (Å²) in [6.07, 6.45) is 0. The van der Waals surface area contributed by atoms with Gasteiger partial charge in [-0.3, -0.25) is 0 Å². The highest BCUT2D eigenvalue weighted by atomic mass is 79.9. The summed E-state index contributed by atoms with van der Waals surface area (Å²) in [5.74, 6) is -0.232. The molecule has 0 radical (unpaired) electrons. The number of halogens is 3. The lowest BCUT2D eigenvalue weighted by molar-refractivity contribution is 0.628. The average Bonchev–Trinajstić information content (AvgIpc) is 2.38. The lowest BCUT2D eigenvalue weighted by atomic mass is 10.1. The van der Waals surface area contributed by atoms with Crippen molar-refractivity contribution in [3.05, 3.63) is 58.9 Å². The van der Waals surface area contributed by atoms with Gasteiger partial charge >= 0.3 is 0 Å². The maximum absolute atomic E-state index is 12.9. The lowest BCUT2D eigenvalue weighted by Crippen LogP contribution is -2.11. The van der Waals surface area contributed by atoms with Crippen LogP contribution in [-0.4, -0.2) is 7.05 Å². The van der Waals surface area contributed by atoms with Gasteiger partial charge in [0.25, 0.3) is 0 Å². The van der Waals surface area contributed by atoms with E-state index in [1.54, 1.807) is 12.1 Å². The standard InChI is InChI=1S/C14H12BrClFN/c1-18(13-5-3-12(17)4-6-13)14-7-2-11(16)8-10(14)9-15/h2-8H,9H2,1H3. The average molecular weight is 329 g/mol. The Hall–Kier alpha value is -1.06. The second-order valence-corrected chi connectivity index (χ2v) is 4.94. The van der Waals surface area contributed by atoms with E-state index >= 15 is 0 Å². The van der Waals surface area contributed by atoms with Gasteiger partial charge in [-0.15, -0.1) is 0 Å². The maximum Gasteiger partial charge on any atom is 0.123 e. The first-order valence-electron chi connectivity index (χ1n) is 5.45. The van der Waals surface area contributed by atoms with Gasteiger partial charge in [0, 0.05) is 28.8 Å². The monoisotopic (exact) mass is 327 g/mol. The summed E-state index contributed by atoms with van der Waals surface area (Å²) < 4.78 is 12.9. The summed E-state index contributed by atoms with van der Waals surface area (Å²) in [6.45, 7) is 0. The van der Waals surface area contributed by atoms with Crippen molar-refractivity contribution in [2.24, 2.45) is 0 Å². The molecule has 0 N–H and O–H groups in total. The molecule has 0 saturated carbocycles. The molecule has 0 aliphatic rings. The first-order valence-corrected chi connectivity index (χ1v) is 6.95. The van der Waals surface area contributed by atoms with Crippen molar-refractivity contribution in [2.45, 2.75) is 5.33 Å². The third-order valence-electron chi connectivity index (χ3n) is 2.76. The van der Waals surface area contributed by atoms with Crippen LogP contribution in [0.25, 0.3) is 0 Å². The normalized spacial score (nSPS) is 10.4. The minimum atomic E-state index is -0.232. The van der Waals surface area contributed by atoms with E-state index in [4.69, 9.17) is 11.6 Å². The molecule has 0 heterocycles. The highest BCUT2D eigenvalue weighted by molar-refractivity contribution is 9.08. The van der Waals surface area contributed by atoms with E-state index in [1.807, 2.05) is 30.1 Å². The first-order chi connectivity index (χ1) is 8.61.